The van der Waals surface area contributed by atoms with Crippen LogP contribution in [0.3, 0.4) is 0 Å². The van der Waals surface area contributed by atoms with Gasteiger partial charge in [-0.05, 0) is 36.8 Å². The van der Waals surface area contributed by atoms with Gasteiger partial charge in [0.2, 0.25) is 5.91 Å². The lowest BCUT2D eigenvalue weighted by molar-refractivity contribution is -0.121. The van der Waals surface area contributed by atoms with E-state index < -0.39 is 12.0 Å². The molecule has 2 aromatic carbocycles. The molecule has 130 valence electrons. The summed E-state index contributed by atoms with van der Waals surface area (Å²) in [6.07, 6.45) is -0.392. The molecule has 0 heterocycles. The van der Waals surface area contributed by atoms with Crippen LogP contribution in [0, 0.1) is 0 Å². The number of hydrazine groups is 1. The second-order valence-electron chi connectivity index (χ2n) is 5.09. The third-order valence-electron chi connectivity index (χ3n) is 3.19. The minimum Gasteiger partial charge on any atom is -0.450 e. The monoisotopic (exact) mass is 341 g/mol. The molecule has 25 heavy (non-hydrogen) atoms. The number of amides is 3. The molecule has 0 bridgehead atoms. The number of nitrogens with one attached hydrogen (secondary N) is 3. The van der Waals surface area contributed by atoms with Crippen molar-refractivity contribution in [2.24, 2.45) is 0 Å². The molecule has 0 aliphatic carbocycles. The smallest absolute Gasteiger partial charge is 0.411 e. The van der Waals surface area contributed by atoms with Crippen LogP contribution in [-0.2, 0) is 16.0 Å². The Balaban J connectivity index is 1.82. The molecule has 3 N–H and O–H groups in total. The number of hydrogen-bond donors (Lipinski definition) is 3. The summed E-state index contributed by atoms with van der Waals surface area (Å²) in [4.78, 5) is 35.1. The number of benzene rings is 2. The standard InChI is InChI=1S/C18H19N3O4/c1-2-25-18(24)19-15-10-8-14(9-11-15)17(23)21-20-16(22)12-13-6-4-3-5-7-13/h3-11H,2,12H2,1H3,(H,19,24)(H,20,22)(H,21,23). The third kappa shape index (κ3) is 5.98. The number of carbonyl (C=O) groups is 3. The van der Waals surface area contributed by atoms with E-state index in [-0.39, 0.29) is 18.9 Å². The first-order valence-electron chi connectivity index (χ1n) is 7.75. The molecule has 2 aromatic rings. The van der Waals surface area contributed by atoms with Crippen LogP contribution >= 0.6 is 0 Å². The summed E-state index contributed by atoms with van der Waals surface area (Å²) in [5, 5.41) is 2.52. The molecule has 0 fully saturated rings. The van der Waals surface area contributed by atoms with Gasteiger partial charge in [-0.3, -0.25) is 25.8 Å². The maximum atomic E-state index is 12.0. The number of anilines is 1. The van der Waals surface area contributed by atoms with E-state index in [1.54, 1.807) is 19.1 Å². The average molecular weight is 341 g/mol. The van der Waals surface area contributed by atoms with Gasteiger partial charge in [-0.25, -0.2) is 4.79 Å². The van der Waals surface area contributed by atoms with E-state index in [9.17, 15) is 14.4 Å². The Labute approximate surface area is 145 Å². The third-order valence-corrected chi connectivity index (χ3v) is 3.19. The highest BCUT2D eigenvalue weighted by Crippen LogP contribution is 2.09. The summed E-state index contributed by atoms with van der Waals surface area (Å²) in [6, 6.07) is 15.4. The Morgan fingerprint density at radius 2 is 1.60 bits per heavy atom. The largest absolute Gasteiger partial charge is 0.450 e. The molecule has 0 unspecified atom stereocenters. The molecule has 0 saturated heterocycles. The molecule has 0 spiro atoms. The fourth-order valence-electron chi connectivity index (χ4n) is 2.01. The SMILES string of the molecule is CCOC(=O)Nc1ccc(C(=O)NNC(=O)Cc2ccccc2)cc1. The molecule has 7 nitrogen and oxygen atoms in total. The van der Waals surface area contributed by atoms with Crippen molar-refractivity contribution in [1.82, 2.24) is 10.9 Å². The Morgan fingerprint density at radius 1 is 0.920 bits per heavy atom. The van der Waals surface area contributed by atoms with E-state index in [0.717, 1.165) is 5.56 Å². The molecule has 0 aromatic heterocycles. The van der Waals surface area contributed by atoms with E-state index in [0.29, 0.717) is 11.3 Å². The first-order valence-corrected chi connectivity index (χ1v) is 7.75. The summed E-state index contributed by atoms with van der Waals surface area (Å²) < 4.78 is 4.76. The van der Waals surface area contributed by atoms with Gasteiger partial charge in [-0.15, -0.1) is 0 Å². The summed E-state index contributed by atoms with van der Waals surface area (Å²) in [6.45, 7) is 1.98. The van der Waals surface area contributed by atoms with Gasteiger partial charge in [0.25, 0.3) is 5.91 Å². The maximum absolute atomic E-state index is 12.0. The van der Waals surface area contributed by atoms with Crippen LogP contribution in [0.15, 0.2) is 54.6 Å². The molecule has 7 heteroatoms. The van der Waals surface area contributed by atoms with E-state index >= 15 is 0 Å². The van der Waals surface area contributed by atoms with Crippen LogP contribution < -0.4 is 16.2 Å². The second kappa shape index (κ2) is 9.07. The van der Waals surface area contributed by atoms with Gasteiger partial charge in [0.05, 0.1) is 13.0 Å². The molecular formula is C18H19N3O4. The number of hydrogen-bond acceptors (Lipinski definition) is 4. The van der Waals surface area contributed by atoms with Crippen molar-refractivity contribution in [2.75, 3.05) is 11.9 Å². The van der Waals surface area contributed by atoms with Gasteiger partial charge in [0.1, 0.15) is 0 Å². The predicted octanol–water partition coefficient (Wildman–Crippen LogP) is 2.26. The Bertz CT molecular complexity index is 730. The van der Waals surface area contributed by atoms with Gasteiger partial charge in [-0.1, -0.05) is 30.3 Å². The van der Waals surface area contributed by atoms with Crippen LogP contribution in [0.2, 0.25) is 0 Å². The quantitative estimate of drug-likeness (QED) is 0.727. The summed E-state index contributed by atoms with van der Waals surface area (Å²) in [7, 11) is 0. The molecule has 0 aliphatic rings. The number of rotatable bonds is 5. The molecule has 0 radical (unpaired) electrons. The highest BCUT2D eigenvalue weighted by atomic mass is 16.5. The van der Waals surface area contributed by atoms with Crippen molar-refractivity contribution in [2.45, 2.75) is 13.3 Å². The minimum absolute atomic E-state index is 0.170. The zero-order valence-corrected chi connectivity index (χ0v) is 13.7. The summed E-state index contributed by atoms with van der Waals surface area (Å²) >= 11 is 0. The molecule has 0 saturated carbocycles. The number of carbonyl (C=O) groups excluding carboxylic acids is 3. The lowest BCUT2D eigenvalue weighted by Crippen LogP contribution is -2.42. The van der Waals surface area contributed by atoms with Crippen LogP contribution in [0.5, 0.6) is 0 Å². The Morgan fingerprint density at radius 3 is 2.24 bits per heavy atom. The predicted molar refractivity (Wildman–Crippen MR) is 92.8 cm³/mol. The first kappa shape index (κ1) is 18.0. The van der Waals surface area contributed by atoms with Gasteiger partial charge < -0.3 is 4.74 Å². The fourth-order valence-corrected chi connectivity index (χ4v) is 2.01. The average Bonchev–Trinajstić information content (AvgIpc) is 2.61. The van der Waals surface area contributed by atoms with Gasteiger partial charge in [0.15, 0.2) is 0 Å². The molecule has 3 amide bonds. The Kier molecular flexibility index (Phi) is 6.53. The zero-order valence-electron chi connectivity index (χ0n) is 13.7. The summed E-state index contributed by atoms with van der Waals surface area (Å²) in [5.41, 5.74) is 6.41. The zero-order chi connectivity index (χ0) is 18.1. The van der Waals surface area contributed by atoms with Crippen molar-refractivity contribution < 1.29 is 19.1 Å². The van der Waals surface area contributed by atoms with E-state index in [1.165, 1.54) is 12.1 Å². The van der Waals surface area contributed by atoms with E-state index in [1.807, 2.05) is 30.3 Å². The minimum atomic E-state index is -0.562. The van der Waals surface area contributed by atoms with Crippen LogP contribution in [0.1, 0.15) is 22.8 Å². The Hall–Kier alpha value is -3.35. The van der Waals surface area contributed by atoms with Gasteiger partial charge >= 0.3 is 6.09 Å². The van der Waals surface area contributed by atoms with Gasteiger partial charge in [0, 0.05) is 11.3 Å². The normalized spacial score (nSPS) is 9.80. The maximum Gasteiger partial charge on any atom is 0.411 e. The van der Waals surface area contributed by atoms with E-state index in [2.05, 4.69) is 16.2 Å². The van der Waals surface area contributed by atoms with Crippen molar-refractivity contribution in [3.63, 3.8) is 0 Å². The molecule has 0 aliphatic heterocycles. The van der Waals surface area contributed by atoms with Crippen molar-refractivity contribution >= 4 is 23.6 Å². The van der Waals surface area contributed by atoms with E-state index in [4.69, 9.17) is 4.74 Å². The first-order chi connectivity index (χ1) is 12.1. The lowest BCUT2D eigenvalue weighted by atomic mass is 10.1. The number of ether oxygens (including phenoxy) is 1. The molecule has 0 atom stereocenters. The highest BCUT2D eigenvalue weighted by molar-refractivity contribution is 5.96. The van der Waals surface area contributed by atoms with Crippen LogP contribution in [0.4, 0.5) is 10.5 Å². The van der Waals surface area contributed by atoms with Crippen molar-refractivity contribution in [3.8, 4) is 0 Å². The highest BCUT2D eigenvalue weighted by Gasteiger charge is 2.09. The molecular weight excluding hydrogens is 322 g/mol. The molecule has 2 rings (SSSR count). The van der Waals surface area contributed by atoms with Crippen molar-refractivity contribution in [3.05, 3.63) is 65.7 Å². The van der Waals surface area contributed by atoms with Crippen LogP contribution in [-0.4, -0.2) is 24.5 Å². The fraction of sp³-hybridized carbons (Fsp3) is 0.167. The van der Waals surface area contributed by atoms with Crippen molar-refractivity contribution in [1.29, 1.82) is 0 Å². The summed E-state index contributed by atoms with van der Waals surface area (Å²) in [5.74, 6) is -0.774. The van der Waals surface area contributed by atoms with Gasteiger partial charge in [-0.2, -0.15) is 0 Å². The second-order valence-corrected chi connectivity index (χ2v) is 5.09. The topological polar surface area (TPSA) is 96.5 Å². The van der Waals surface area contributed by atoms with Crippen LogP contribution in [0.25, 0.3) is 0 Å². The lowest BCUT2D eigenvalue weighted by Gasteiger charge is -2.09.